The summed E-state index contributed by atoms with van der Waals surface area (Å²) in [6.07, 6.45) is 1.87. The van der Waals surface area contributed by atoms with E-state index in [9.17, 15) is 18.0 Å². The van der Waals surface area contributed by atoms with E-state index >= 15 is 0 Å². The smallest absolute Gasteiger partial charge is 0.254 e. The van der Waals surface area contributed by atoms with Crippen molar-refractivity contribution in [1.82, 2.24) is 4.90 Å². The molecule has 0 unspecified atom stereocenters. The molecule has 8 heteroatoms. The molecule has 4 rings (SSSR count). The molecule has 0 bridgehead atoms. The number of sulfonamides is 1. The number of amides is 2. The fraction of sp³-hybridized carbons (Fsp3) is 0.391. The third kappa shape index (κ3) is 4.58. The maximum Gasteiger partial charge on any atom is 0.254 e. The number of nitrogens with one attached hydrogen (secondary N) is 1. The largest absolute Gasteiger partial charge is 0.339 e. The quantitative estimate of drug-likeness (QED) is 0.790. The molecule has 164 valence electrons. The Morgan fingerprint density at radius 2 is 1.65 bits per heavy atom. The van der Waals surface area contributed by atoms with Crippen LogP contribution in [-0.2, 0) is 14.8 Å². The molecule has 2 saturated heterocycles. The van der Waals surface area contributed by atoms with E-state index in [1.54, 1.807) is 24.3 Å². The topological polar surface area (TPSA) is 86.8 Å². The highest BCUT2D eigenvalue weighted by atomic mass is 32.2. The number of piperidine rings is 1. The summed E-state index contributed by atoms with van der Waals surface area (Å²) in [5.41, 5.74) is 2.94. The van der Waals surface area contributed by atoms with E-state index in [1.807, 2.05) is 36.1 Å². The normalized spacial score (nSPS) is 18.7. The highest BCUT2D eigenvalue weighted by Crippen LogP contribution is 2.26. The Hall–Kier alpha value is -2.87. The van der Waals surface area contributed by atoms with E-state index in [1.165, 1.54) is 4.31 Å². The van der Waals surface area contributed by atoms with Crippen LogP contribution in [-0.4, -0.2) is 50.5 Å². The second-order valence-corrected chi connectivity index (χ2v) is 10.2. The molecule has 0 radical (unpaired) electrons. The zero-order valence-electron chi connectivity index (χ0n) is 17.6. The van der Waals surface area contributed by atoms with Gasteiger partial charge in [-0.1, -0.05) is 18.2 Å². The van der Waals surface area contributed by atoms with Gasteiger partial charge < -0.3 is 10.2 Å². The van der Waals surface area contributed by atoms with E-state index in [4.69, 9.17) is 0 Å². The van der Waals surface area contributed by atoms with Crippen LogP contribution in [0.3, 0.4) is 0 Å². The molecule has 2 aliphatic rings. The molecule has 0 spiro atoms. The van der Waals surface area contributed by atoms with Crippen molar-refractivity contribution >= 4 is 33.2 Å². The van der Waals surface area contributed by atoms with E-state index in [0.717, 1.165) is 5.56 Å². The number of hydrogen-bond acceptors (Lipinski definition) is 4. The van der Waals surface area contributed by atoms with E-state index in [2.05, 4.69) is 5.32 Å². The van der Waals surface area contributed by atoms with Gasteiger partial charge in [0.05, 0.1) is 11.4 Å². The Morgan fingerprint density at radius 3 is 2.26 bits per heavy atom. The van der Waals surface area contributed by atoms with Gasteiger partial charge in [0, 0.05) is 36.8 Å². The molecule has 2 aliphatic heterocycles. The van der Waals surface area contributed by atoms with Crippen LogP contribution in [0.5, 0.6) is 0 Å². The number of carbonyl (C=O) groups is 2. The SMILES string of the molecule is Cc1ccccc1C(=O)N1CCC(C(=O)Nc2ccc(N3CCCS3(=O)=O)cc2)CC1. The number of nitrogens with zero attached hydrogens (tertiary/aromatic N) is 2. The van der Waals surface area contributed by atoms with Gasteiger partial charge in [-0.25, -0.2) is 8.42 Å². The highest BCUT2D eigenvalue weighted by Gasteiger charge is 2.29. The third-order valence-corrected chi connectivity index (χ3v) is 7.92. The summed E-state index contributed by atoms with van der Waals surface area (Å²) in [5.74, 6) is -0.0233. The summed E-state index contributed by atoms with van der Waals surface area (Å²) >= 11 is 0. The van der Waals surface area contributed by atoms with Gasteiger partial charge in [-0.2, -0.15) is 0 Å². The summed E-state index contributed by atoms with van der Waals surface area (Å²) in [6.45, 7) is 3.53. The zero-order chi connectivity index (χ0) is 22.0. The summed E-state index contributed by atoms with van der Waals surface area (Å²) in [5, 5.41) is 2.92. The summed E-state index contributed by atoms with van der Waals surface area (Å²) in [4.78, 5) is 27.3. The van der Waals surface area contributed by atoms with Crippen molar-refractivity contribution in [1.29, 1.82) is 0 Å². The van der Waals surface area contributed by atoms with Crippen LogP contribution in [0.1, 0.15) is 35.2 Å². The van der Waals surface area contributed by atoms with Gasteiger partial charge >= 0.3 is 0 Å². The van der Waals surface area contributed by atoms with Crippen LogP contribution in [0, 0.1) is 12.8 Å². The molecule has 31 heavy (non-hydrogen) atoms. The third-order valence-electron chi connectivity index (χ3n) is 6.05. The van der Waals surface area contributed by atoms with Crippen molar-refractivity contribution in [2.24, 2.45) is 5.92 Å². The van der Waals surface area contributed by atoms with Crippen LogP contribution in [0.4, 0.5) is 11.4 Å². The lowest BCUT2D eigenvalue weighted by atomic mass is 9.95. The fourth-order valence-electron chi connectivity index (χ4n) is 4.21. The van der Waals surface area contributed by atoms with Crippen molar-refractivity contribution in [3.63, 3.8) is 0 Å². The molecule has 2 aromatic carbocycles. The number of likely N-dealkylation sites (tertiary alicyclic amines) is 1. The predicted octanol–water partition coefficient (Wildman–Crippen LogP) is 3.03. The minimum atomic E-state index is -3.21. The number of benzene rings is 2. The Balaban J connectivity index is 1.32. The number of carbonyl (C=O) groups excluding carboxylic acids is 2. The number of aryl methyl sites for hydroxylation is 1. The Morgan fingerprint density at radius 1 is 0.968 bits per heavy atom. The fourth-order valence-corrected chi connectivity index (χ4v) is 5.78. The number of anilines is 2. The summed E-state index contributed by atoms with van der Waals surface area (Å²) in [6, 6.07) is 14.5. The van der Waals surface area contributed by atoms with Crippen LogP contribution in [0.2, 0.25) is 0 Å². The lowest BCUT2D eigenvalue weighted by Gasteiger charge is -2.31. The lowest BCUT2D eigenvalue weighted by molar-refractivity contribution is -0.121. The van der Waals surface area contributed by atoms with Crippen LogP contribution in [0.25, 0.3) is 0 Å². The molecule has 0 saturated carbocycles. The molecule has 2 heterocycles. The second kappa shape index (κ2) is 8.70. The Bertz CT molecular complexity index is 1070. The lowest BCUT2D eigenvalue weighted by Crippen LogP contribution is -2.41. The van der Waals surface area contributed by atoms with Gasteiger partial charge in [0.1, 0.15) is 0 Å². The predicted molar refractivity (Wildman–Crippen MR) is 121 cm³/mol. The van der Waals surface area contributed by atoms with Gasteiger partial charge in [-0.3, -0.25) is 13.9 Å². The molecule has 0 aromatic heterocycles. The zero-order valence-corrected chi connectivity index (χ0v) is 18.4. The van der Waals surface area contributed by atoms with Crippen LogP contribution >= 0.6 is 0 Å². The van der Waals surface area contributed by atoms with E-state index in [0.29, 0.717) is 55.8 Å². The molecule has 0 atom stereocenters. The first-order valence-corrected chi connectivity index (χ1v) is 12.2. The molecule has 2 amide bonds. The van der Waals surface area contributed by atoms with Gasteiger partial charge in [-0.15, -0.1) is 0 Å². The molecule has 7 nitrogen and oxygen atoms in total. The molecule has 0 aliphatic carbocycles. The van der Waals surface area contributed by atoms with Crippen LogP contribution < -0.4 is 9.62 Å². The second-order valence-electron chi connectivity index (χ2n) is 8.16. The first kappa shape index (κ1) is 21.4. The maximum atomic E-state index is 12.8. The minimum Gasteiger partial charge on any atom is -0.339 e. The number of hydrogen-bond donors (Lipinski definition) is 1. The van der Waals surface area contributed by atoms with Crippen LogP contribution in [0.15, 0.2) is 48.5 Å². The molecular formula is C23H27N3O4S. The average Bonchev–Trinajstić information content (AvgIpc) is 3.13. The monoisotopic (exact) mass is 441 g/mol. The van der Waals surface area contributed by atoms with Gasteiger partial charge in [0.2, 0.25) is 15.9 Å². The maximum absolute atomic E-state index is 12.8. The molecule has 2 aromatic rings. The summed E-state index contributed by atoms with van der Waals surface area (Å²) < 4.78 is 25.5. The van der Waals surface area contributed by atoms with Crippen molar-refractivity contribution < 1.29 is 18.0 Å². The Kier molecular flexibility index (Phi) is 6.00. The van der Waals surface area contributed by atoms with Gasteiger partial charge in [-0.05, 0) is 62.1 Å². The van der Waals surface area contributed by atoms with Crippen molar-refractivity contribution in [2.45, 2.75) is 26.2 Å². The molecule has 1 N–H and O–H groups in total. The number of rotatable bonds is 4. The average molecular weight is 442 g/mol. The standard InChI is InChI=1S/C23H27N3O4S/c1-17-5-2-3-6-21(17)23(28)25-14-11-18(12-15-25)22(27)24-19-7-9-20(10-8-19)26-13-4-16-31(26,29)30/h2-3,5-10,18H,4,11-16H2,1H3,(H,24,27). The van der Waals surface area contributed by atoms with E-state index < -0.39 is 10.0 Å². The van der Waals surface area contributed by atoms with Crippen molar-refractivity contribution in [3.05, 3.63) is 59.7 Å². The highest BCUT2D eigenvalue weighted by molar-refractivity contribution is 7.93. The first-order valence-electron chi connectivity index (χ1n) is 10.6. The van der Waals surface area contributed by atoms with E-state index in [-0.39, 0.29) is 23.5 Å². The Labute approximate surface area is 183 Å². The van der Waals surface area contributed by atoms with Crippen molar-refractivity contribution in [3.8, 4) is 0 Å². The molecule has 2 fully saturated rings. The minimum absolute atomic E-state index is 0.0180. The van der Waals surface area contributed by atoms with Crippen molar-refractivity contribution in [2.75, 3.05) is 35.0 Å². The summed E-state index contributed by atoms with van der Waals surface area (Å²) in [7, 11) is -3.21. The van der Waals surface area contributed by atoms with Gasteiger partial charge in [0.25, 0.3) is 5.91 Å². The first-order chi connectivity index (χ1) is 14.8. The molecular weight excluding hydrogens is 414 g/mol. The van der Waals surface area contributed by atoms with Gasteiger partial charge in [0.15, 0.2) is 0 Å².